The van der Waals surface area contributed by atoms with Crippen LogP contribution in [0.3, 0.4) is 0 Å². The Kier molecular flexibility index (Phi) is 9.91. The summed E-state index contributed by atoms with van der Waals surface area (Å²) in [6.45, 7) is -1.14. The number of nitrogens with zero attached hydrogens (tertiary/aromatic N) is 4. The van der Waals surface area contributed by atoms with E-state index < -0.39 is 78.1 Å². The van der Waals surface area contributed by atoms with Crippen LogP contribution in [-0.2, 0) is 51.2 Å². The molecule has 2 aliphatic heterocycles. The Bertz CT molecular complexity index is 1620. The van der Waals surface area contributed by atoms with E-state index in [9.17, 15) is 45.5 Å². The van der Waals surface area contributed by atoms with Crippen LogP contribution in [0.4, 0.5) is 31.1 Å². The minimum Gasteiger partial charge on any atom is -0.444 e. The van der Waals surface area contributed by atoms with Gasteiger partial charge in [0, 0.05) is 38.4 Å². The molecular weight excluding hydrogens is 648 g/mol. The van der Waals surface area contributed by atoms with Crippen LogP contribution in [0.25, 0.3) is 0 Å². The number of ether oxygens (including phenoxy) is 1. The van der Waals surface area contributed by atoms with Gasteiger partial charge in [0.25, 0.3) is 0 Å². The molecule has 1 aromatic heterocycles. The summed E-state index contributed by atoms with van der Waals surface area (Å²) in [7, 11) is 0. The molecule has 5 rings (SSSR count). The first kappa shape index (κ1) is 34.2. The number of amides is 4. The molecular formula is C32H29F6N5O5. The Morgan fingerprint density at radius 3 is 2.15 bits per heavy atom. The first-order chi connectivity index (χ1) is 22.7. The summed E-state index contributed by atoms with van der Waals surface area (Å²) in [4.78, 5) is 61.0. The van der Waals surface area contributed by atoms with E-state index >= 15 is 0 Å². The molecule has 0 aliphatic carbocycles. The van der Waals surface area contributed by atoms with Crippen molar-refractivity contribution in [2.75, 3.05) is 13.1 Å². The van der Waals surface area contributed by atoms with E-state index in [2.05, 4.69) is 10.3 Å². The number of carbonyl (C=O) groups excluding carboxylic acids is 4. The first-order valence-electron chi connectivity index (χ1n) is 14.7. The van der Waals surface area contributed by atoms with Crippen LogP contribution in [-0.4, -0.2) is 68.8 Å². The van der Waals surface area contributed by atoms with Crippen LogP contribution in [0.2, 0.25) is 0 Å². The van der Waals surface area contributed by atoms with Crippen LogP contribution in [0.5, 0.6) is 0 Å². The molecule has 16 heteroatoms. The van der Waals surface area contributed by atoms with Crippen LogP contribution in [0, 0.1) is 0 Å². The number of halogens is 6. The summed E-state index contributed by atoms with van der Waals surface area (Å²) in [5.74, 6) is -1.61. The third-order valence-electron chi connectivity index (χ3n) is 7.93. The molecule has 0 unspecified atom stereocenters. The Morgan fingerprint density at radius 2 is 1.52 bits per heavy atom. The van der Waals surface area contributed by atoms with Crippen LogP contribution in [0.15, 0.2) is 73.1 Å². The van der Waals surface area contributed by atoms with Gasteiger partial charge < -0.3 is 19.9 Å². The molecule has 2 atom stereocenters. The van der Waals surface area contributed by atoms with Crippen molar-refractivity contribution >= 4 is 23.8 Å². The number of carbonyl (C=O) groups is 4. The average Bonchev–Trinajstić information content (AvgIpc) is 3.04. The highest BCUT2D eigenvalue weighted by atomic mass is 19.4. The number of nitrogens with one attached hydrogen (secondary N) is 1. The van der Waals surface area contributed by atoms with Crippen LogP contribution < -0.4 is 5.32 Å². The maximum atomic E-state index is 13.8. The Morgan fingerprint density at radius 1 is 0.875 bits per heavy atom. The summed E-state index contributed by atoms with van der Waals surface area (Å²) in [5.41, 5.74) is -2.22. The molecule has 2 fully saturated rings. The van der Waals surface area contributed by atoms with Gasteiger partial charge in [-0.1, -0.05) is 30.3 Å². The Labute approximate surface area is 270 Å². The fourth-order valence-corrected chi connectivity index (χ4v) is 5.62. The van der Waals surface area contributed by atoms with E-state index in [1.165, 1.54) is 4.90 Å². The number of benzene rings is 2. The topological polar surface area (TPSA) is 112 Å². The van der Waals surface area contributed by atoms with Crippen molar-refractivity contribution in [3.63, 3.8) is 0 Å². The number of rotatable bonds is 8. The number of fused-ring (bicyclic) bond motifs is 1. The van der Waals surface area contributed by atoms with E-state index in [1.807, 2.05) is 0 Å². The fraction of sp³-hybridized carbons (Fsp3) is 0.344. The van der Waals surface area contributed by atoms with E-state index in [4.69, 9.17) is 4.74 Å². The molecule has 0 bridgehead atoms. The lowest BCUT2D eigenvalue weighted by atomic mass is 10.0. The second kappa shape index (κ2) is 13.9. The average molecular weight is 678 g/mol. The third kappa shape index (κ3) is 8.04. The van der Waals surface area contributed by atoms with Gasteiger partial charge in [0.1, 0.15) is 18.8 Å². The Hall–Kier alpha value is -5.15. The second-order valence-electron chi connectivity index (χ2n) is 11.3. The zero-order chi connectivity index (χ0) is 34.6. The standard InChI is InChI=1S/C32H29F6N5O5/c33-31(34,35)23-12-22(13-24(14-23)32(36,37)38)19-48-30(47)42-11-8-28(45)43-25(15-26(44)40-16-20-6-9-39-10-7-20)29(46)41(18-27(42)43)17-21-4-2-1-3-5-21/h1-7,9-10,12-14,25,27H,8,11,15-19H2,(H,40,44)/t25-,27+/m0/s1. The molecule has 2 aliphatic rings. The number of aromatic nitrogens is 1. The highest BCUT2D eigenvalue weighted by Crippen LogP contribution is 2.37. The maximum Gasteiger partial charge on any atom is 0.416 e. The highest BCUT2D eigenvalue weighted by molar-refractivity contribution is 5.94. The summed E-state index contributed by atoms with van der Waals surface area (Å²) in [6, 6.07) is 11.7. The SMILES string of the molecule is O=C(C[C@H]1C(=O)N(Cc2ccccc2)C[C@@H]2N(C(=O)OCc3cc(C(F)(F)F)cc(C(F)(F)F)c3)CCC(=O)N21)NCc1ccncc1. The van der Waals surface area contributed by atoms with Crippen molar-refractivity contribution in [1.82, 2.24) is 25.0 Å². The quantitative estimate of drug-likeness (QED) is 0.345. The summed E-state index contributed by atoms with van der Waals surface area (Å²) in [6.07, 6.45) is -10.1. The van der Waals surface area contributed by atoms with Gasteiger partial charge in [-0.2, -0.15) is 26.3 Å². The van der Waals surface area contributed by atoms with Crippen molar-refractivity contribution in [3.8, 4) is 0 Å². The van der Waals surface area contributed by atoms with Crippen LogP contribution >= 0.6 is 0 Å². The van der Waals surface area contributed by atoms with Gasteiger partial charge in [-0.25, -0.2) is 4.79 Å². The molecule has 10 nitrogen and oxygen atoms in total. The highest BCUT2D eigenvalue weighted by Gasteiger charge is 2.49. The largest absolute Gasteiger partial charge is 0.444 e. The van der Waals surface area contributed by atoms with Crippen molar-refractivity contribution in [1.29, 1.82) is 0 Å². The smallest absolute Gasteiger partial charge is 0.416 e. The zero-order valence-corrected chi connectivity index (χ0v) is 25.1. The van der Waals surface area contributed by atoms with Gasteiger partial charge in [0.05, 0.1) is 24.1 Å². The van der Waals surface area contributed by atoms with Gasteiger partial charge in [-0.15, -0.1) is 0 Å². The number of alkyl halides is 6. The van der Waals surface area contributed by atoms with Gasteiger partial charge >= 0.3 is 18.4 Å². The molecule has 254 valence electrons. The van der Waals surface area contributed by atoms with Gasteiger partial charge in [-0.3, -0.25) is 24.3 Å². The third-order valence-corrected chi connectivity index (χ3v) is 7.93. The van der Waals surface area contributed by atoms with E-state index in [-0.39, 0.29) is 38.7 Å². The van der Waals surface area contributed by atoms with Crippen molar-refractivity contribution in [3.05, 3.63) is 101 Å². The lowest BCUT2D eigenvalue weighted by molar-refractivity contribution is -0.169. The molecule has 0 radical (unpaired) electrons. The molecule has 3 aromatic rings. The van der Waals surface area contributed by atoms with Gasteiger partial charge in [0.2, 0.25) is 17.7 Å². The molecule has 3 heterocycles. The monoisotopic (exact) mass is 677 g/mol. The molecule has 2 aromatic carbocycles. The number of pyridine rings is 1. The predicted octanol–water partition coefficient (Wildman–Crippen LogP) is 4.73. The normalized spacial score (nSPS) is 18.4. The molecule has 4 amide bonds. The van der Waals surface area contributed by atoms with Crippen LogP contribution in [0.1, 0.15) is 40.7 Å². The predicted molar refractivity (Wildman–Crippen MR) is 155 cm³/mol. The Balaban J connectivity index is 1.38. The van der Waals surface area contributed by atoms with E-state index in [1.54, 1.807) is 54.9 Å². The molecule has 0 spiro atoms. The second-order valence-corrected chi connectivity index (χ2v) is 11.3. The minimum absolute atomic E-state index is 0.0346. The summed E-state index contributed by atoms with van der Waals surface area (Å²) in [5, 5.41) is 2.70. The molecule has 2 saturated heterocycles. The van der Waals surface area contributed by atoms with Crippen molar-refractivity contribution in [2.24, 2.45) is 0 Å². The van der Waals surface area contributed by atoms with Crippen molar-refractivity contribution < 1.29 is 50.3 Å². The molecule has 48 heavy (non-hydrogen) atoms. The van der Waals surface area contributed by atoms with Gasteiger partial charge in [0.15, 0.2) is 0 Å². The fourth-order valence-electron chi connectivity index (χ4n) is 5.62. The summed E-state index contributed by atoms with van der Waals surface area (Å²) >= 11 is 0. The van der Waals surface area contributed by atoms with E-state index in [0.29, 0.717) is 12.1 Å². The van der Waals surface area contributed by atoms with Crippen molar-refractivity contribution in [2.45, 2.75) is 57.1 Å². The first-order valence-corrected chi connectivity index (χ1v) is 14.7. The summed E-state index contributed by atoms with van der Waals surface area (Å²) < 4.78 is 85.3. The van der Waals surface area contributed by atoms with E-state index in [0.717, 1.165) is 20.9 Å². The molecule has 0 saturated carbocycles. The maximum absolute atomic E-state index is 13.8. The zero-order valence-electron chi connectivity index (χ0n) is 25.1. The lowest BCUT2D eigenvalue weighted by Gasteiger charge is -2.51. The molecule has 1 N–H and O–H groups in total. The number of piperazine rings is 1. The number of hydrogen-bond acceptors (Lipinski definition) is 6. The van der Waals surface area contributed by atoms with Gasteiger partial charge in [-0.05, 0) is 47.0 Å². The lowest BCUT2D eigenvalue weighted by Crippen LogP contribution is -2.71. The number of hydrogen-bond donors (Lipinski definition) is 1. The minimum atomic E-state index is -5.09.